The van der Waals surface area contributed by atoms with Crippen molar-refractivity contribution in [3.05, 3.63) is 89.5 Å². The number of rotatable bonds is 11. The van der Waals surface area contributed by atoms with E-state index in [4.69, 9.17) is 9.47 Å². The minimum Gasteiger partial charge on any atom is -0.493 e. The molecule has 35 heavy (non-hydrogen) atoms. The summed E-state index contributed by atoms with van der Waals surface area (Å²) in [6.07, 6.45) is 1.91. The van der Waals surface area contributed by atoms with Gasteiger partial charge in [0, 0.05) is 6.54 Å². The van der Waals surface area contributed by atoms with E-state index in [9.17, 15) is 13.2 Å². The fourth-order valence-corrected chi connectivity index (χ4v) is 4.75. The molecule has 0 heterocycles. The third-order valence-corrected chi connectivity index (χ3v) is 7.14. The molecule has 3 aromatic rings. The fourth-order valence-electron chi connectivity index (χ4n) is 3.35. The van der Waals surface area contributed by atoms with Crippen LogP contribution in [-0.4, -0.2) is 52.2 Å². The van der Waals surface area contributed by atoms with Crippen LogP contribution in [0, 0.1) is 6.92 Å². The number of hydrazone groups is 1. The van der Waals surface area contributed by atoms with E-state index in [0.717, 1.165) is 11.1 Å². The highest BCUT2D eigenvalue weighted by Gasteiger charge is 2.26. The summed E-state index contributed by atoms with van der Waals surface area (Å²) >= 11 is 0. The monoisotopic (exact) mass is 495 g/mol. The number of carbonyl (C=O) groups is 1. The van der Waals surface area contributed by atoms with Crippen molar-refractivity contribution in [2.75, 3.05) is 27.3 Å². The van der Waals surface area contributed by atoms with Crippen molar-refractivity contribution in [1.29, 1.82) is 0 Å². The molecule has 3 aromatic carbocycles. The van der Waals surface area contributed by atoms with Crippen molar-refractivity contribution in [3.63, 3.8) is 0 Å². The highest BCUT2D eigenvalue weighted by atomic mass is 32.2. The summed E-state index contributed by atoms with van der Waals surface area (Å²) in [5, 5.41) is 3.97. The summed E-state index contributed by atoms with van der Waals surface area (Å²) in [7, 11) is -0.818. The topological polar surface area (TPSA) is 97.3 Å². The normalized spacial score (nSPS) is 11.5. The second kappa shape index (κ2) is 12.1. The number of hydrogen-bond donors (Lipinski definition) is 1. The van der Waals surface area contributed by atoms with E-state index in [1.54, 1.807) is 49.6 Å². The lowest BCUT2D eigenvalue weighted by Gasteiger charge is -2.21. The first-order valence-electron chi connectivity index (χ1n) is 11.0. The third-order valence-electron chi connectivity index (χ3n) is 5.28. The maximum Gasteiger partial charge on any atom is 0.255 e. The first-order chi connectivity index (χ1) is 16.8. The van der Waals surface area contributed by atoms with Gasteiger partial charge in [-0.05, 0) is 54.8 Å². The van der Waals surface area contributed by atoms with Crippen LogP contribution in [0.15, 0.2) is 82.8 Å². The van der Waals surface area contributed by atoms with E-state index >= 15 is 0 Å². The summed E-state index contributed by atoms with van der Waals surface area (Å²) in [5.74, 6) is 0.550. The number of ether oxygens (including phenoxy) is 2. The van der Waals surface area contributed by atoms with Gasteiger partial charge in [-0.2, -0.15) is 9.41 Å². The predicted octanol–water partition coefficient (Wildman–Crippen LogP) is 3.40. The Morgan fingerprint density at radius 1 is 0.971 bits per heavy atom. The molecule has 0 saturated carbocycles. The average molecular weight is 496 g/mol. The number of carbonyl (C=O) groups excluding carboxylic acids is 1. The number of aryl methyl sites for hydroxylation is 1. The number of sulfonamides is 1. The molecule has 0 aliphatic carbocycles. The highest BCUT2D eigenvalue weighted by Crippen LogP contribution is 2.26. The van der Waals surface area contributed by atoms with Crippen LogP contribution in [0.4, 0.5) is 0 Å². The summed E-state index contributed by atoms with van der Waals surface area (Å²) in [5.41, 5.74) is 5.01. The van der Waals surface area contributed by atoms with Gasteiger partial charge < -0.3 is 9.47 Å². The van der Waals surface area contributed by atoms with E-state index in [0.29, 0.717) is 23.5 Å². The van der Waals surface area contributed by atoms with Crippen LogP contribution in [0.25, 0.3) is 0 Å². The van der Waals surface area contributed by atoms with E-state index in [2.05, 4.69) is 10.5 Å². The second-order valence-electron chi connectivity index (χ2n) is 7.79. The zero-order valence-electron chi connectivity index (χ0n) is 20.0. The number of hydrogen-bond acceptors (Lipinski definition) is 6. The minimum atomic E-state index is -3.89. The average Bonchev–Trinajstić information content (AvgIpc) is 2.87. The molecule has 0 saturated heterocycles. The first kappa shape index (κ1) is 25.9. The summed E-state index contributed by atoms with van der Waals surface area (Å²) in [6.45, 7) is 1.66. The Morgan fingerprint density at radius 3 is 2.31 bits per heavy atom. The van der Waals surface area contributed by atoms with Gasteiger partial charge in [-0.15, -0.1) is 0 Å². The van der Waals surface area contributed by atoms with E-state index in [1.807, 2.05) is 37.3 Å². The maximum absolute atomic E-state index is 13.3. The van der Waals surface area contributed by atoms with Gasteiger partial charge in [0.1, 0.15) is 0 Å². The van der Waals surface area contributed by atoms with Crippen molar-refractivity contribution in [3.8, 4) is 11.5 Å². The SMILES string of the molecule is COc1ccc(/C=N\NC(=O)CN(CCc2ccccc2)S(=O)(=O)c2ccc(C)cc2)cc1OC. The number of benzene rings is 3. The molecular formula is C26H29N3O5S. The second-order valence-corrected chi connectivity index (χ2v) is 9.73. The molecule has 0 bridgehead atoms. The third kappa shape index (κ3) is 7.14. The van der Waals surface area contributed by atoms with Gasteiger partial charge >= 0.3 is 0 Å². The van der Waals surface area contributed by atoms with Crippen molar-refractivity contribution in [1.82, 2.24) is 9.73 Å². The van der Waals surface area contributed by atoms with E-state index in [-0.39, 0.29) is 18.0 Å². The molecule has 0 aliphatic rings. The molecular weight excluding hydrogens is 466 g/mol. The Bertz CT molecular complexity index is 1260. The van der Waals surface area contributed by atoms with Crippen molar-refractivity contribution in [2.45, 2.75) is 18.2 Å². The van der Waals surface area contributed by atoms with Crippen molar-refractivity contribution >= 4 is 22.1 Å². The Kier molecular flexibility index (Phi) is 8.99. The lowest BCUT2D eigenvalue weighted by atomic mass is 10.1. The lowest BCUT2D eigenvalue weighted by Crippen LogP contribution is -2.40. The van der Waals surface area contributed by atoms with Gasteiger partial charge in [-0.1, -0.05) is 48.0 Å². The Morgan fingerprint density at radius 2 is 1.66 bits per heavy atom. The molecule has 1 amide bonds. The highest BCUT2D eigenvalue weighted by molar-refractivity contribution is 7.89. The molecule has 0 fully saturated rings. The summed E-state index contributed by atoms with van der Waals surface area (Å²) in [4.78, 5) is 12.8. The largest absolute Gasteiger partial charge is 0.493 e. The fraction of sp³-hybridized carbons (Fsp3) is 0.231. The molecule has 184 valence electrons. The smallest absolute Gasteiger partial charge is 0.255 e. The molecule has 0 atom stereocenters. The van der Waals surface area contributed by atoms with Crippen LogP contribution in [0.5, 0.6) is 11.5 Å². The van der Waals surface area contributed by atoms with Gasteiger partial charge in [-0.25, -0.2) is 13.8 Å². The Labute approximate surface area is 206 Å². The summed E-state index contributed by atoms with van der Waals surface area (Å²) in [6, 6.07) is 21.3. The van der Waals surface area contributed by atoms with Crippen LogP contribution in [-0.2, 0) is 21.2 Å². The van der Waals surface area contributed by atoms with Crippen molar-refractivity contribution in [2.24, 2.45) is 5.10 Å². The number of methoxy groups -OCH3 is 2. The molecule has 8 nitrogen and oxygen atoms in total. The zero-order valence-corrected chi connectivity index (χ0v) is 20.8. The molecule has 0 aliphatic heterocycles. The molecule has 0 unspecified atom stereocenters. The van der Waals surface area contributed by atoms with Crippen LogP contribution < -0.4 is 14.9 Å². The molecule has 1 N–H and O–H groups in total. The summed E-state index contributed by atoms with van der Waals surface area (Å²) < 4.78 is 38.3. The van der Waals surface area contributed by atoms with Crippen LogP contribution >= 0.6 is 0 Å². The van der Waals surface area contributed by atoms with Crippen LogP contribution in [0.1, 0.15) is 16.7 Å². The van der Waals surface area contributed by atoms with Gasteiger partial charge in [0.25, 0.3) is 5.91 Å². The zero-order chi connectivity index (χ0) is 25.3. The van der Waals surface area contributed by atoms with Gasteiger partial charge in [-0.3, -0.25) is 4.79 Å². The molecule has 9 heteroatoms. The number of nitrogens with zero attached hydrogens (tertiary/aromatic N) is 2. The van der Waals surface area contributed by atoms with E-state index < -0.39 is 15.9 Å². The quantitative estimate of drug-likeness (QED) is 0.325. The van der Waals surface area contributed by atoms with Crippen LogP contribution in [0.2, 0.25) is 0 Å². The lowest BCUT2D eigenvalue weighted by molar-refractivity contribution is -0.121. The Balaban J connectivity index is 1.73. The number of amides is 1. The van der Waals surface area contributed by atoms with Gasteiger partial charge in [0.05, 0.1) is 31.9 Å². The predicted molar refractivity (Wildman–Crippen MR) is 135 cm³/mol. The molecule has 3 rings (SSSR count). The maximum atomic E-state index is 13.3. The van der Waals surface area contributed by atoms with E-state index in [1.165, 1.54) is 17.6 Å². The van der Waals surface area contributed by atoms with Crippen molar-refractivity contribution < 1.29 is 22.7 Å². The Hall–Kier alpha value is -3.69. The first-order valence-corrected chi connectivity index (χ1v) is 12.4. The number of nitrogens with one attached hydrogen (secondary N) is 1. The minimum absolute atomic E-state index is 0.137. The van der Waals surface area contributed by atoms with Crippen LogP contribution in [0.3, 0.4) is 0 Å². The molecule has 0 spiro atoms. The van der Waals surface area contributed by atoms with Gasteiger partial charge in [0.15, 0.2) is 11.5 Å². The molecule has 0 radical (unpaired) electrons. The van der Waals surface area contributed by atoms with Gasteiger partial charge in [0.2, 0.25) is 10.0 Å². The molecule has 0 aromatic heterocycles. The standard InChI is InChI=1S/C26H29N3O5S/c1-20-9-12-23(13-10-20)35(31,32)29(16-15-21-7-5-4-6-8-21)19-26(30)28-27-18-22-11-14-24(33-2)25(17-22)34-3/h4-14,17-18H,15-16,19H2,1-3H3,(H,28,30)/b27-18-.